The maximum absolute atomic E-state index is 5.07. The van der Waals surface area contributed by atoms with Gasteiger partial charge in [0.05, 0.1) is 22.4 Å². The summed E-state index contributed by atoms with van der Waals surface area (Å²) in [7, 11) is -0.626. The number of aromatic nitrogens is 2. The molecule has 0 radical (unpaired) electrons. The van der Waals surface area contributed by atoms with Gasteiger partial charge in [0, 0.05) is 16.5 Å². The van der Waals surface area contributed by atoms with Crippen molar-refractivity contribution in [3.05, 3.63) is 152 Å². The number of para-hydroxylation sites is 2. The second-order valence-corrected chi connectivity index (χ2v) is 13.3. The lowest BCUT2D eigenvalue weighted by Crippen LogP contribution is -2.20. The minimum atomic E-state index is -0.626. The third-order valence-electron chi connectivity index (χ3n) is 8.55. The Morgan fingerprint density at radius 3 is 1.65 bits per heavy atom. The van der Waals surface area contributed by atoms with Gasteiger partial charge in [0.1, 0.15) is 0 Å². The highest BCUT2D eigenvalue weighted by atomic mass is 31.1. The highest BCUT2D eigenvalue weighted by molar-refractivity contribution is 7.79. The van der Waals surface area contributed by atoms with Crippen LogP contribution in [0.1, 0.15) is 0 Å². The van der Waals surface area contributed by atoms with Crippen molar-refractivity contribution < 1.29 is 0 Å². The van der Waals surface area contributed by atoms with Gasteiger partial charge in [0.15, 0.2) is 0 Å². The fourth-order valence-electron chi connectivity index (χ4n) is 6.55. The third-order valence-corrected chi connectivity index (χ3v) is 11.0. The first-order valence-corrected chi connectivity index (χ1v) is 15.9. The largest absolute Gasteiger partial charge is 0.244 e. The second-order valence-electron chi connectivity index (χ2n) is 11.1. The van der Waals surface area contributed by atoms with Crippen LogP contribution in [0.3, 0.4) is 0 Å². The van der Waals surface area contributed by atoms with Gasteiger partial charge in [-0.15, -0.1) is 0 Å². The normalized spacial score (nSPS) is 11.9. The standard InChI is InChI=1S/C40H25N2P/c1-3-10-29(11-4-1)43(30-12-5-2-6-13-30)31-22-20-26(21-23-31)27-18-19-28-25-35-38-32(34(28)24-27)14-9-15-33(38)39-40(35)42-37-17-8-7-16-36(37)41-39/h1-25H. The summed E-state index contributed by atoms with van der Waals surface area (Å²) >= 11 is 0. The SMILES string of the molecule is c1ccc(P(c2ccccc2)c2ccc(-c3ccc4cc5c6c(cccc6c4c3)-c3nc4ccccc4nc3-5)cc2)cc1. The molecular formula is C40H25N2P. The number of fused-ring (bicyclic) bond motifs is 6. The van der Waals surface area contributed by atoms with Crippen molar-refractivity contribution in [3.8, 4) is 33.6 Å². The predicted octanol–water partition coefficient (Wildman–Crippen LogP) is 9.01. The van der Waals surface area contributed by atoms with Crippen LogP contribution in [0.25, 0.3) is 66.2 Å². The van der Waals surface area contributed by atoms with E-state index in [0.717, 1.165) is 22.4 Å². The monoisotopic (exact) mass is 564 g/mol. The molecule has 0 atom stereocenters. The Kier molecular flexibility index (Phi) is 5.51. The van der Waals surface area contributed by atoms with E-state index in [2.05, 4.69) is 127 Å². The van der Waals surface area contributed by atoms with Crippen molar-refractivity contribution in [2.75, 3.05) is 0 Å². The summed E-state index contributed by atoms with van der Waals surface area (Å²) in [6.07, 6.45) is 0. The predicted molar refractivity (Wildman–Crippen MR) is 183 cm³/mol. The lowest BCUT2D eigenvalue weighted by molar-refractivity contribution is 1.32. The van der Waals surface area contributed by atoms with Crippen LogP contribution >= 0.6 is 7.92 Å². The highest BCUT2D eigenvalue weighted by Gasteiger charge is 2.26. The first-order valence-electron chi connectivity index (χ1n) is 14.6. The second kappa shape index (κ2) is 9.70. The number of benzene rings is 7. The average Bonchev–Trinajstić information content (AvgIpc) is 3.38. The Bertz CT molecular complexity index is 2290. The van der Waals surface area contributed by atoms with E-state index in [1.165, 1.54) is 59.7 Å². The molecule has 1 aliphatic carbocycles. The smallest absolute Gasteiger partial charge is 0.0979 e. The molecule has 0 aliphatic heterocycles. The van der Waals surface area contributed by atoms with E-state index >= 15 is 0 Å². The summed E-state index contributed by atoms with van der Waals surface area (Å²) in [5, 5.41) is 9.07. The quantitative estimate of drug-likeness (QED) is 0.157. The van der Waals surface area contributed by atoms with E-state index in [1.807, 2.05) is 24.3 Å². The van der Waals surface area contributed by atoms with Crippen molar-refractivity contribution in [3.63, 3.8) is 0 Å². The Balaban J connectivity index is 1.16. The Hall–Kier alpha value is -5.17. The molecule has 0 spiro atoms. The zero-order valence-corrected chi connectivity index (χ0v) is 24.2. The summed E-state index contributed by atoms with van der Waals surface area (Å²) in [5.74, 6) is 0. The van der Waals surface area contributed by atoms with Gasteiger partial charge in [-0.3, -0.25) is 0 Å². The van der Waals surface area contributed by atoms with Crippen molar-refractivity contribution in [1.82, 2.24) is 9.97 Å². The van der Waals surface area contributed by atoms with Crippen molar-refractivity contribution in [2.45, 2.75) is 0 Å². The van der Waals surface area contributed by atoms with E-state index < -0.39 is 7.92 Å². The van der Waals surface area contributed by atoms with E-state index in [1.54, 1.807) is 0 Å². The molecular weight excluding hydrogens is 539 g/mol. The van der Waals surface area contributed by atoms with Gasteiger partial charge in [0.25, 0.3) is 0 Å². The molecule has 7 aromatic carbocycles. The molecule has 0 amide bonds. The fourth-order valence-corrected chi connectivity index (χ4v) is 8.84. The molecule has 9 rings (SSSR count). The summed E-state index contributed by atoms with van der Waals surface area (Å²) in [6, 6.07) is 54.9. The molecule has 43 heavy (non-hydrogen) atoms. The number of hydrogen-bond donors (Lipinski definition) is 0. The molecule has 1 aliphatic rings. The van der Waals surface area contributed by atoms with E-state index in [9.17, 15) is 0 Å². The topological polar surface area (TPSA) is 25.8 Å². The van der Waals surface area contributed by atoms with Crippen LogP contribution in [0.4, 0.5) is 0 Å². The number of hydrogen-bond acceptors (Lipinski definition) is 2. The number of nitrogens with zero attached hydrogens (tertiary/aromatic N) is 2. The molecule has 200 valence electrons. The van der Waals surface area contributed by atoms with Gasteiger partial charge >= 0.3 is 0 Å². The maximum Gasteiger partial charge on any atom is 0.0979 e. The molecule has 1 aromatic heterocycles. The summed E-state index contributed by atoms with van der Waals surface area (Å²) in [5.41, 5.74) is 8.64. The summed E-state index contributed by atoms with van der Waals surface area (Å²) in [6.45, 7) is 0. The van der Waals surface area contributed by atoms with E-state index in [0.29, 0.717) is 0 Å². The van der Waals surface area contributed by atoms with Crippen LogP contribution in [-0.4, -0.2) is 9.97 Å². The van der Waals surface area contributed by atoms with Gasteiger partial charge in [-0.25, -0.2) is 9.97 Å². The molecule has 3 heteroatoms. The molecule has 1 heterocycles. The molecule has 0 saturated carbocycles. The molecule has 2 nitrogen and oxygen atoms in total. The van der Waals surface area contributed by atoms with Crippen LogP contribution in [0, 0.1) is 0 Å². The zero-order valence-electron chi connectivity index (χ0n) is 23.3. The lowest BCUT2D eigenvalue weighted by Gasteiger charge is -2.19. The van der Waals surface area contributed by atoms with Gasteiger partial charge in [0.2, 0.25) is 0 Å². The highest BCUT2D eigenvalue weighted by Crippen LogP contribution is 2.48. The minimum absolute atomic E-state index is 0.626. The van der Waals surface area contributed by atoms with E-state index in [-0.39, 0.29) is 0 Å². The van der Waals surface area contributed by atoms with Crippen LogP contribution in [0.15, 0.2) is 152 Å². The summed E-state index contributed by atoms with van der Waals surface area (Å²) < 4.78 is 0. The first kappa shape index (κ1) is 24.4. The van der Waals surface area contributed by atoms with Crippen LogP contribution in [0.5, 0.6) is 0 Å². The first-order chi connectivity index (χ1) is 21.3. The minimum Gasteiger partial charge on any atom is -0.244 e. The van der Waals surface area contributed by atoms with Crippen molar-refractivity contribution in [1.29, 1.82) is 0 Å². The zero-order chi connectivity index (χ0) is 28.3. The summed E-state index contributed by atoms with van der Waals surface area (Å²) in [4.78, 5) is 10.1. The van der Waals surface area contributed by atoms with Crippen LogP contribution in [0.2, 0.25) is 0 Å². The Morgan fingerprint density at radius 2 is 0.977 bits per heavy atom. The average molecular weight is 565 g/mol. The molecule has 0 bridgehead atoms. The molecule has 8 aromatic rings. The van der Waals surface area contributed by atoms with E-state index in [4.69, 9.17) is 9.97 Å². The lowest BCUT2D eigenvalue weighted by atomic mass is 9.94. The van der Waals surface area contributed by atoms with Gasteiger partial charge in [-0.1, -0.05) is 127 Å². The maximum atomic E-state index is 5.07. The van der Waals surface area contributed by atoms with Crippen molar-refractivity contribution >= 4 is 56.4 Å². The van der Waals surface area contributed by atoms with Gasteiger partial charge in [-0.05, 0) is 75.4 Å². The molecule has 0 fully saturated rings. The Labute approximate surface area is 251 Å². The van der Waals surface area contributed by atoms with Crippen LogP contribution < -0.4 is 15.9 Å². The fraction of sp³-hybridized carbons (Fsp3) is 0. The van der Waals surface area contributed by atoms with Crippen molar-refractivity contribution in [2.24, 2.45) is 0 Å². The molecule has 0 N–H and O–H groups in total. The third kappa shape index (κ3) is 3.91. The Morgan fingerprint density at radius 1 is 0.395 bits per heavy atom. The molecule has 0 unspecified atom stereocenters. The number of rotatable bonds is 4. The molecule has 0 saturated heterocycles. The van der Waals surface area contributed by atoms with Gasteiger partial charge in [-0.2, -0.15) is 0 Å². The van der Waals surface area contributed by atoms with Crippen LogP contribution in [-0.2, 0) is 0 Å². The van der Waals surface area contributed by atoms with Gasteiger partial charge < -0.3 is 0 Å².